The van der Waals surface area contributed by atoms with E-state index < -0.39 is 0 Å². The summed E-state index contributed by atoms with van der Waals surface area (Å²) in [6.07, 6.45) is 2.48. The van der Waals surface area contributed by atoms with Gasteiger partial charge in [-0.2, -0.15) is 0 Å². The molecule has 2 aromatic rings. The molecular formula is C17H16Cl3N. The second-order valence-corrected chi connectivity index (χ2v) is 6.84. The minimum absolute atomic E-state index is 0.264. The van der Waals surface area contributed by atoms with E-state index in [0.29, 0.717) is 21.0 Å². The maximum absolute atomic E-state index is 6.28. The van der Waals surface area contributed by atoms with Crippen molar-refractivity contribution in [2.24, 2.45) is 5.92 Å². The Labute approximate surface area is 140 Å². The van der Waals surface area contributed by atoms with Gasteiger partial charge in [0.05, 0.1) is 26.8 Å². The fourth-order valence-electron chi connectivity index (χ4n) is 2.48. The van der Waals surface area contributed by atoms with Crippen LogP contribution in [-0.4, -0.2) is 0 Å². The van der Waals surface area contributed by atoms with Crippen LogP contribution in [0.1, 0.15) is 30.0 Å². The van der Waals surface area contributed by atoms with E-state index in [4.69, 9.17) is 34.8 Å². The Morgan fingerprint density at radius 1 is 0.952 bits per heavy atom. The largest absolute Gasteiger partial charge is 0.377 e. The smallest absolute Gasteiger partial charge is 0.0653 e. The van der Waals surface area contributed by atoms with Crippen LogP contribution in [0.2, 0.25) is 15.1 Å². The lowest BCUT2D eigenvalue weighted by Crippen LogP contribution is -2.13. The molecule has 1 fully saturated rings. The minimum atomic E-state index is 0.264. The molecule has 3 rings (SSSR count). The van der Waals surface area contributed by atoms with Crippen molar-refractivity contribution < 1.29 is 0 Å². The summed E-state index contributed by atoms with van der Waals surface area (Å²) in [6, 6.07) is 12.4. The lowest BCUT2D eigenvalue weighted by atomic mass is 10.0. The van der Waals surface area contributed by atoms with E-state index in [1.54, 1.807) is 12.1 Å². The highest BCUT2D eigenvalue weighted by molar-refractivity contribution is 6.44. The first kappa shape index (κ1) is 15.0. The van der Waals surface area contributed by atoms with Gasteiger partial charge in [0.2, 0.25) is 0 Å². The number of anilines is 1. The summed E-state index contributed by atoms with van der Waals surface area (Å²) in [4.78, 5) is 0. The van der Waals surface area contributed by atoms with E-state index in [2.05, 4.69) is 36.5 Å². The molecule has 0 radical (unpaired) electrons. The van der Waals surface area contributed by atoms with Gasteiger partial charge in [-0.05, 0) is 43.4 Å². The van der Waals surface area contributed by atoms with Crippen molar-refractivity contribution >= 4 is 40.5 Å². The van der Waals surface area contributed by atoms with Crippen molar-refractivity contribution in [1.29, 1.82) is 0 Å². The van der Waals surface area contributed by atoms with Crippen LogP contribution in [0.5, 0.6) is 0 Å². The summed E-state index contributed by atoms with van der Waals surface area (Å²) in [6.45, 7) is 2.10. The van der Waals surface area contributed by atoms with Crippen LogP contribution in [0.4, 0.5) is 5.69 Å². The zero-order chi connectivity index (χ0) is 15.0. The topological polar surface area (TPSA) is 12.0 Å². The Kier molecular flexibility index (Phi) is 4.35. The molecular weight excluding hydrogens is 325 g/mol. The molecule has 1 unspecified atom stereocenters. The van der Waals surface area contributed by atoms with Crippen molar-refractivity contribution in [3.05, 3.63) is 62.6 Å². The summed E-state index contributed by atoms with van der Waals surface area (Å²) in [7, 11) is 0. The maximum Gasteiger partial charge on any atom is 0.0653 e. The van der Waals surface area contributed by atoms with Crippen molar-refractivity contribution in [3.63, 3.8) is 0 Å². The average Bonchev–Trinajstić information content (AvgIpc) is 3.27. The molecule has 1 atom stereocenters. The first-order valence-corrected chi connectivity index (χ1v) is 8.15. The number of hydrogen-bond donors (Lipinski definition) is 1. The van der Waals surface area contributed by atoms with Crippen LogP contribution in [0.25, 0.3) is 0 Å². The quantitative estimate of drug-likeness (QED) is 0.625. The van der Waals surface area contributed by atoms with Crippen molar-refractivity contribution in [2.45, 2.75) is 25.8 Å². The van der Waals surface area contributed by atoms with E-state index >= 15 is 0 Å². The second-order valence-electron chi connectivity index (χ2n) is 5.62. The molecule has 0 heterocycles. The molecule has 2 aromatic carbocycles. The van der Waals surface area contributed by atoms with Crippen LogP contribution in [0.15, 0.2) is 36.4 Å². The third-order valence-electron chi connectivity index (χ3n) is 3.85. The van der Waals surface area contributed by atoms with Crippen LogP contribution >= 0.6 is 34.8 Å². The van der Waals surface area contributed by atoms with E-state index in [1.165, 1.54) is 24.0 Å². The summed E-state index contributed by atoms with van der Waals surface area (Å²) in [5, 5.41) is 5.13. The van der Waals surface area contributed by atoms with Gasteiger partial charge in [0.25, 0.3) is 0 Å². The standard InChI is InChI=1S/C17H16Cl3N/c1-10-2-4-11(5-3-10)17(12-6-7-12)21-16-9-14(19)13(18)8-15(16)20/h2-5,8-9,12,17,21H,6-7H2,1H3. The van der Waals surface area contributed by atoms with Gasteiger partial charge in [-0.25, -0.2) is 0 Å². The summed E-state index contributed by atoms with van der Waals surface area (Å²) in [5.74, 6) is 0.651. The highest BCUT2D eigenvalue weighted by Gasteiger charge is 2.32. The minimum Gasteiger partial charge on any atom is -0.377 e. The fraction of sp³-hybridized carbons (Fsp3) is 0.294. The van der Waals surface area contributed by atoms with Crippen molar-refractivity contribution in [2.75, 3.05) is 5.32 Å². The lowest BCUT2D eigenvalue weighted by Gasteiger charge is -2.21. The first-order chi connectivity index (χ1) is 10.0. The molecule has 1 nitrogen and oxygen atoms in total. The Hall–Kier alpha value is -0.890. The predicted octanol–water partition coefficient (Wildman–Crippen LogP) is 6.52. The SMILES string of the molecule is Cc1ccc(C(Nc2cc(Cl)c(Cl)cc2Cl)C2CC2)cc1. The van der Waals surface area contributed by atoms with E-state index in [0.717, 1.165) is 5.69 Å². The zero-order valence-corrected chi connectivity index (χ0v) is 13.9. The summed E-state index contributed by atoms with van der Waals surface area (Å²) in [5.41, 5.74) is 3.38. The van der Waals surface area contributed by atoms with E-state index in [1.807, 2.05) is 0 Å². The van der Waals surface area contributed by atoms with Gasteiger partial charge in [-0.15, -0.1) is 0 Å². The summed E-state index contributed by atoms with van der Waals surface area (Å²) < 4.78 is 0. The van der Waals surface area contributed by atoms with Crippen LogP contribution < -0.4 is 5.32 Å². The third-order valence-corrected chi connectivity index (χ3v) is 4.89. The number of rotatable bonds is 4. The molecule has 1 saturated carbocycles. The lowest BCUT2D eigenvalue weighted by molar-refractivity contribution is 0.679. The van der Waals surface area contributed by atoms with Gasteiger partial charge in [-0.1, -0.05) is 64.6 Å². The van der Waals surface area contributed by atoms with Gasteiger partial charge in [-0.3, -0.25) is 0 Å². The molecule has 0 bridgehead atoms. The Morgan fingerprint density at radius 2 is 1.57 bits per heavy atom. The normalized spacial score (nSPS) is 15.8. The van der Waals surface area contributed by atoms with Gasteiger partial charge >= 0.3 is 0 Å². The third kappa shape index (κ3) is 3.48. The number of nitrogens with one attached hydrogen (secondary N) is 1. The first-order valence-electron chi connectivity index (χ1n) is 7.02. The van der Waals surface area contributed by atoms with Crippen LogP contribution in [-0.2, 0) is 0 Å². The molecule has 110 valence electrons. The molecule has 21 heavy (non-hydrogen) atoms. The highest BCUT2D eigenvalue weighted by atomic mass is 35.5. The molecule has 0 aliphatic heterocycles. The van der Waals surface area contributed by atoms with Crippen LogP contribution in [0.3, 0.4) is 0 Å². The molecule has 0 saturated heterocycles. The number of hydrogen-bond acceptors (Lipinski definition) is 1. The summed E-state index contributed by atoms with van der Waals surface area (Å²) >= 11 is 18.4. The number of halogens is 3. The number of benzene rings is 2. The molecule has 1 aliphatic carbocycles. The van der Waals surface area contributed by atoms with Gasteiger partial charge < -0.3 is 5.32 Å². The highest BCUT2D eigenvalue weighted by Crippen LogP contribution is 2.44. The molecule has 4 heteroatoms. The van der Waals surface area contributed by atoms with Crippen molar-refractivity contribution in [1.82, 2.24) is 0 Å². The van der Waals surface area contributed by atoms with Gasteiger partial charge in [0.1, 0.15) is 0 Å². The number of aryl methyl sites for hydroxylation is 1. The van der Waals surface area contributed by atoms with Crippen molar-refractivity contribution in [3.8, 4) is 0 Å². The van der Waals surface area contributed by atoms with Crippen LogP contribution in [0, 0.1) is 12.8 Å². The Morgan fingerprint density at radius 3 is 2.19 bits per heavy atom. The molecule has 1 N–H and O–H groups in total. The monoisotopic (exact) mass is 339 g/mol. The fourth-order valence-corrected chi connectivity index (χ4v) is 3.08. The van der Waals surface area contributed by atoms with Gasteiger partial charge in [0, 0.05) is 0 Å². The Bertz CT molecular complexity index is 648. The average molecular weight is 341 g/mol. The van der Waals surface area contributed by atoms with E-state index in [-0.39, 0.29) is 6.04 Å². The molecule has 0 aromatic heterocycles. The maximum atomic E-state index is 6.28. The predicted molar refractivity (Wildman–Crippen MR) is 91.7 cm³/mol. The molecule has 0 amide bonds. The molecule has 0 spiro atoms. The van der Waals surface area contributed by atoms with E-state index in [9.17, 15) is 0 Å². The molecule has 1 aliphatic rings. The second kappa shape index (κ2) is 6.08. The zero-order valence-electron chi connectivity index (χ0n) is 11.7. The van der Waals surface area contributed by atoms with Gasteiger partial charge in [0.15, 0.2) is 0 Å². The Balaban J connectivity index is 1.89.